The fraction of sp³-hybridized carbons (Fsp3) is 0.500. The first-order valence-corrected chi connectivity index (χ1v) is 12.1. The first kappa shape index (κ1) is 22.9. The number of rotatable bonds is 4. The molecule has 2 bridgehead atoms. The average Bonchev–Trinajstić information content (AvgIpc) is 2.73. The summed E-state index contributed by atoms with van der Waals surface area (Å²) in [5.41, 5.74) is 2.56. The largest absolute Gasteiger partial charge is 0.444 e. The Kier molecular flexibility index (Phi) is 5.26. The minimum absolute atomic E-state index is 0.0301. The SMILES string of the molecule is CN(C(=O)OC(C)(C)C)C12CC(CC(=O)N3CCc4ccccc4[C@@H]3c3ccc(F)cc3)(C1)C2. The summed E-state index contributed by atoms with van der Waals surface area (Å²) in [5, 5.41) is 0. The second-order valence-corrected chi connectivity index (χ2v) is 11.5. The van der Waals surface area contributed by atoms with Gasteiger partial charge in [-0.1, -0.05) is 36.4 Å². The minimum atomic E-state index is -0.525. The van der Waals surface area contributed by atoms with Crippen LogP contribution in [0.25, 0.3) is 0 Å². The number of amides is 2. The molecule has 180 valence electrons. The first-order valence-electron chi connectivity index (χ1n) is 12.1. The van der Waals surface area contributed by atoms with Crippen molar-refractivity contribution in [2.75, 3.05) is 13.6 Å². The summed E-state index contributed by atoms with van der Waals surface area (Å²) in [4.78, 5) is 29.9. The number of nitrogens with zero attached hydrogens (tertiary/aromatic N) is 2. The van der Waals surface area contributed by atoms with Gasteiger partial charge in [-0.25, -0.2) is 9.18 Å². The van der Waals surface area contributed by atoms with Crippen molar-refractivity contribution in [1.29, 1.82) is 0 Å². The maximum atomic E-state index is 13.6. The van der Waals surface area contributed by atoms with Gasteiger partial charge in [-0.05, 0) is 80.7 Å². The smallest absolute Gasteiger partial charge is 0.410 e. The van der Waals surface area contributed by atoms with Crippen LogP contribution in [0.5, 0.6) is 0 Å². The van der Waals surface area contributed by atoms with Crippen LogP contribution in [0.1, 0.15) is 69.2 Å². The van der Waals surface area contributed by atoms with Gasteiger partial charge in [-0.3, -0.25) is 4.79 Å². The van der Waals surface area contributed by atoms with Gasteiger partial charge in [-0.15, -0.1) is 0 Å². The van der Waals surface area contributed by atoms with Gasteiger partial charge in [-0.2, -0.15) is 0 Å². The van der Waals surface area contributed by atoms with E-state index in [-0.39, 0.29) is 34.8 Å². The van der Waals surface area contributed by atoms with E-state index in [1.165, 1.54) is 17.7 Å². The van der Waals surface area contributed by atoms with Crippen LogP contribution >= 0.6 is 0 Å². The van der Waals surface area contributed by atoms with Gasteiger partial charge in [0, 0.05) is 25.6 Å². The molecule has 3 aliphatic carbocycles. The molecule has 4 aliphatic rings. The maximum Gasteiger partial charge on any atom is 0.410 e. The Morgan fingerprint density at radius 2 is 1.74 bits per heavy atom. The maximum absolute atomic E-state index is 13.6. The standard InChI is InChI=1S/C28H33FN2O3/c1-26(2,3)34-25(33)30(4)28-16-27(17-28,18-28)15-23(32)31-14-13-19-7-5-6-8-22(19)24(31)20-9-11-21(29)12-10-20/h5-12,24H,13-18H2,1-4H3/t24-,27?,28?/m0/s1. The fourth-order valence-electron chi connectivity index (χ4n) is 6.27. The number of benzene rings is 2. The van der Waals surface area contributed by atoms with E-state index >= 15 is 0 Å². The van der Waals surface area contributed by atoms with Crippen molar-refractivity contribution in [3.63, 3.8) is 0 Å². The predicted octanol–water partition coefficient (Wildman–Crippen LogP) is 5.48. The lowest BCUT2D eigenvalue weighted by atomic mass is 9.38. The summed E-state index contributed by atoms with van der Waals surface area (Å²) < 4.78 is 19.2. The minimum Gasteiger partial charge on any atom is -0.444 e. The van der Waals surface area contributed by atoms with Gasteiger partial charge >= 0.3 is 6.09 Å². The second kappa shape index (κ2) is 7.82. The number of ether oxygens (including phenoxy) is 1. The monoisotopic (exact) mass is 464 g/mol. The third-order valence-electron chi connectivity index (χ3n) is 7.81. The van der Waals surface area contributed by atoms with Crippen molar-refractivity contribution >= 4 is 12.0 Å². The average molecular weight is 465 g/mol. The molecule has 0 saturated heterocycles. The lowest BCUT2D eigenvalue weighted by Crippen LogP contribution is -2.75. The molecule has 0 spiro atoms. The van der Waals surface area contributed by atoms with E-state index in [0.717, 1.165) is 36.8 Å². The highest BCUT2D eigenvalue weighted by Gasteiger charge is 2.71. The highest BCUT2D eigenvalue weighted by Crippen LogP contribution is 2.71. The van der Waals surface area contributed by atoms with Gasteiger partial charge in [0.1, 0.15) is 11.4 Å². The van der Waals surface area contributed by atoms with E-state index in [9.17, 15) is 14.0 Å². The Morgan fingerprint density at radius 3 is 2.38 bits per heavy atom. The molecular formula is C28H33FN2O3. The Labute approximate surface area is 200 Å². The quantitative estimate of drug-likeness (QED) is 0.602. The summed E-state index contributed by atoms with van der Waals surface area (Å²) in [6.07, 6.45) is 3.53. The van der Waals surface area contributed by atoms with Crippen LogP contribution in [0.4, 0.5) is 9.18 Å². The highest BCUT2D eigenvalue weighted by atomic mass is 19.1. The molecule has 0 unspecified atom stereocenters. The molecule has 6 rings (SSSR count). The van der Waals surface area contributed by atoms with Crippen molar-refractivity contribution in [1.82, 2.24) is 9.80 Å². The van der Waals surface area contributed by atoms with Gasteiger partial charge in [0.2, 0.25) is 5.91 Å². The molecule has 2 aromatic rings. The summed E-state index contributed by atoms with van der Waals surface area (Å²) in [6.45, 7) is 6.26. The number of hydrogen-bond donors (Lipinski definition) is 0. The zero-order valence-electron chi connectivity index (χ0n) is 20.4. The van der Waals surface area contributed by atoms with Gasteiger partial charge < -0.3 is 14.5 Å². The summed E-state index contributed by atoms with van der Waals surface area (Å²) >= 11 is 0. The molecule has 6 heteroatoms. The summed E-state index contributed by atoms with van der Waals surface area (Å²) in [6, 6.07) is 14.5. The van der Waals surface area contributed by atoms with Crippen LogP contribution in [-0.2, 0) is 16.0 Å². The molecule has 0 aromatic heterocycles. The van der Waals surface area contributed by atoms with Gasteiger partial charge in [0.15, 0.2) is 0 Å². The van der Waals surface area contributed by atoms with E-state index < -0.39 is 5.60 Å². The number of halogens is 1. The number of carbonyl (C=O) groups is 2. The Balaban J connectivity index is 1.30. The zero-order chi connectivity index (χ0) is 24.3. The van der Waals surface area contributed by atoms with Crippen molar-refractivity contribution in [3.8, 4) is 0 Å². The third kappa shape index (κ3) is 3.87. The van der Waals surface area contributed by atoms with E-state index in [0.29, 0.717) is 13.0 Å². The molecule has 1 heterocycles. The molecule has 5 nitrogen and oxygen atoms in total. The van der Waals surface area contributed by atoms with E-state index in [1.807, 2.05) is 44.9 Å². The molecule has 3 fully saturated rings. The topological polar surface area (TPSA) is 49.9 Å². The summed E-state index contributed by atoms with van der Waals surface area (Å²) in [7, 11) is 1.81. The van der Waals surface area contributed by atoms with E-state index in [1.54, 1.807) is 17.0 Å². The van der Waals surface area contributed by atoms with Gasteiger partial charge in [0.25, 0.3) is 0 Å². The molecule has 0 N–H and O–H groups in total. The lowest BCUT2D eigenvalue weighted by molar-refractivity contribution is -0.210. The number of carbonyl (C=O) groups excluding carboxylic acids is 2. The molecular weight excluding hydrogens is 431 g/mol. The van der Waals surface area contributed by atoms with Crippen LogP contribution in [-0.4, -0.2) is 46.5 Å². The normalized spacial score (nSPS) is 27.2. The van der Waals surface area contributed by atoms with E-state index in [4.69, 9.17) is 4.74 Å². The van der Waals surface area contributed by atoms with Crippen LogP contribution < -0.4 is 0 Å². The molecule has 1 aliphatic heterocycles. The van der Waals surface area contributed by atoms with Crippen LogP contribution in [0, 0.1) is 11.2 Å². The predicted molar refractivity (Wildman–Crippen MR) is 128 cm³/mol. The van der Waals surface area contributed by atoms with Crippen molar-refractivity contribution < 1.29 is 18.7 Å². The Bertz CT molecular complexity index is 1100. The lowest BCUT2D eigenvalue weighted by Gasteiger charge is -2.73. The number of fused-ring (bicyclic) bond motifs is 1. The zero-order valence-corrected chi connectivity index (χ0v) is 20.4. The Morgan fingerprint density at radius 1 is 1.09 bits per heavy atom. The van der Waals surface area contributed by atoms with E-state index in [2.05, 4.69) is 12.1 Å². The fourth-order valence-corrected chi connectivity index (χ4v) is 6.27. The molecule has 3 saturated carbocycles. The van der Waals surface area contributed by atoms with Crippen molar-refractivity contribution in [3.05, 3.63) is 71.0 Å². The molecule has 2 aromatic carbocycles. The Hall–Kier alpha value is -2.89. The van der Waals surface area contributed by atoms with Gasteiger partial charge in [0.05, 0.1) is 6.04 Å². The van der Waals surface area contributed by atoms with Crippen LogP contribution in [0.15, 0.2) is 48.5 Å². The first-order chi connectivity index (χ1) is 16.0. The highest BCUT2D eigenvalue weighted by molar-refractivity contribution is 5.80. The van der Waals surface area contributed by atoms with Crippen LogP contribution in [0.2, 0.25) is 0 Å². The molecule has 0 radical (unpaired) electrons. The van der Waals surface area contributed by atoms with Crippen molar-refractivity contribution in [2.24, 2.45) is 5.41 Å². The molecule has 34 heavy (non-hydrogen) atoms. The van der Waals surface area contributed by atoms with Crippen LogP contribution in [0.3, 0.4) is 0 Å². The summed E-state index contributed by atoms with van der Waals surface area (Å²) in [5.74, 6) is -0.143. The van der Waals surface area contributed by atoms with Crippen molar-refractivity contribution in [2.45, 2.75) is 70.1 Å². The molecule has 2 amide bonds. The molecule has 1 atom stereocenters. The third-order valence-corrected chi connectivity index (χ3v) is 7.81. The second-order valence-electron chi connectivity index (χ2n) is 11.5. The number of hydrogen-bond acceptors (Lipinski definition) is 3.